The van der Waals surface area contributed by atoms with Gasteiger partial charge in [-0.2, -0.15) is 4.31 Å². The SMILES string of the molecule is COc1ccc2ccccc2c1CN1CCN(S(=O)(=O)c2cccc(F)c2)CC1. The smallest absolute Gasteiger partial charge is 0.243 e. The third kappa shape index (κ3) is 3.99. The maximum Gasteiger partial charge on any atom is 0.243 e. The molecule has 1 aliphatic heterocycles. The molecule has 1 fully saturated rings. The Balaban J connectivity index is 1.51. The van der Waals surface area contributed by atoms with E-state index >= 15 is 0 Å². The minimum absolute atomic E-state index is 0.00155. The molecule has 4 rings (SSSR count). The highest BCUT2D eigenvalue weighted by Crippen LogP contribution is 2.30. The number of sulfonamides is 1. The molecule has 1 aliphatic rings. The molecule has 3 aromatic carbocycles. The molecule has 0 aromatic heterocycles. The van der Waals surface area contributed by atoms with Gasteiger partial charge < -0.3 is 4.74 Å². The minimum Gasteiger partial charge on any atom is -0.496 e. The number of fused-ring (bicyclic) bond motifs is 1. The van der Waals surface area contributed by atoms with Crippen LogP contribution in [0.15, 0.2) is 65.6 Å². The van der Waals surface area contributed by atoms with E-state index in [-0.39, 0.29) is 4.90 Å². The lowest BCUT2D eigenvalue weighted by molar-refractivity contribution is 0.180. The molecule has 3 aromatic rings. The summed E-state index contributed by atoms with van der Waals surface area (Å²) in [5.74, 6) is 0.284. The quantitative estimate of drug-likeness (QED) is 0.641. The minimum atomic E-state index is -3.69. The van der Waals surface area contributed by atoms with E-state index in [1.165, 1.54) is 22.5 Å². The second kappa shape index (κ2) is 8.10. The molecule has 0 aliphatic carbocycles. The third-order valence-corrected chi connectivity index (χ3v) is 7.26. The van der Waals surface area contributed by atoms with Gasteiger partial charge in [-0.1, -0.05) is 36.4 Å². The van der Waals surface area contributed by atoms with Crippen LogP contribution in [0.25, 0.3) is 10.8 Å². The Morgan fingerprint density at radius 2 is 1.72 bits per heavy atom. The van der Waals surface area contributed by atoms with Gasteiger partial charge >= 0.3 is 0 Å². The van der Waals surface area contributed by atoms with Gasteiger partial charge in [-0.05, 0) is 35.0 Å². The van der Waals surface area contributed by atoms with Crippen LogP contribution in [0.5, 0.6) is 5.75 Å². The first-order chi connectivity index (χ1) is 14.0. The molecule has 29 heavy (non-hydrogen) atoms. The topological polar surface area (TPSA) is 49.9 Å². The molecule has 0 bridgehead atoms. The van der Waals surface area contributed by atoms with E-state index in [9.17, 15) is 12.8 Å². The summed E-state index contributed by atoms with van der Waals surface area (Å²) in [6.07, 6.45) is 0. The summed E-state index contributed by atoms with van der Waals surface area (Å²) >= 11 is 0. The molecule has 0 spiro atoms. The normalized spacial score (nSPS) is 16.2. The van der Waals surface area contributed by atoms with Crippen LogP contribution in [0, 0.1) is 5.82 Å². The maximum atomic E-state index is 13.5. The van der Waals surface area contributed by atoms with E-state index in [2.05, 4.69) is 17.0 Å². The number of halogens is 1. The number of hydrogen-bond donors (Lipinski definition) is 0. The van der Waals surface area contributed by atoms with Gasteiger partial charge in [0, 0.05) is 38.3 Å². The number of hydrogen-bond acceptors (Lipinski definition) is 4. The monoisotopic (exact) mass is 414 g/mol. The lowest BCUT2D eigenvalue weighted by atomic mass is 10.0. The average molecular weight is 415 g/mol. The summed E-state index contributed by atoms with van der Waals surface area (Å²) < 4.78 is 46.1. The van der Waals surface area contributed by atoms with E-state index in [1.807, 2.05) is 24.3 Å². The van der Waals surface area contributed by atoms with Crippen molar-refractivity contribution in [2.45, 2.75) is 11.4 Å². The van der Waals surface area contributed by atoms with E-state index in [0.29, 0.717) is 32.7 Å². The number of piperazine rings is 1. The van der Waals surface area contributed by atoms with E-state index in [1.54, 1.807) is 7.11 Å². The Morgan fingerprint density at radius 3 is 2.45 bits per heavy atom. The molecular weight excluding hydrogens is 391 g/mol. The predicted molar refractivity (Wildman–Crippen MR) is 111 cm³/mol. The Kier molecular flexibility index (Phi) is 5.54. The van der Waals surface area contributed by atoms with Gasteiger partial charge in [0.25, 0.3) is 0 Å². The standard InChI is InChI=1S/C22H23FN2O3S/c1-28-22-10-9-17-5-2-3-8-20(17)21(22)16-24-11-13-25(14-12-24)29(26,27)19-7-4-6-18(23)15-19/h2-10,15H,11-14,16H2,1H3. The van der Waals surface area contributed by atoms with Gasteiger partial charge in [-0.3, -0.25) is 4.90 Å². The van der Waals surface area contributed by atoms with Crippen molar-refractivity contribution >= 4 is 20.8 Å². The maximum absolute atomic E-state index is 13.5. The fourth-order valence-corrected chi connectivity index (χ4v) is 5.25. The Morgan fingerprint density at radius 1 is 0.966 bits per heavy atom. The van der Waals surface area contributed by atoms with Crippen molar-refractivity contribution < 1.29 is 17.5 Å². The molecule has 152 valence electrons. The molecule has 0 amide bonds. The lowest BCUT2D eigenvalue weighted by Crippen LogP contribution is -2.48. The Hall–Kier alpha value is -2.48. The van der Waals surface area contributed by atoms with Crippen molar-refractivity contribution in [3.8, 4) is 5.75 Å². The van der Waals surface area contributed by atoms with Gasteiger partial charge in [0.15, 0.2) is 0 Å². The molecule has 0 N–H and O–H groups in total. The number of rotatable bonds is 5. The average Bonchev–Trinajstić information content (AvgIpc) is 2.74. The van der Waals surface area contributed by atoms with Crippen LogP contribution in [0.3, 0.4) is 0 Å². The van der Waals surface area contributed by atoms with Crippen molar-refractivity contribution in [3.63, 3.8) is 0 Å². The van der Waals surface area contributed by atoms with Crippen LogP contribution < -0.4 is 4.74 Å². The predicted octanol–water partition coefficient (Wildman–Crippen LogP) is 3.49. The number of nitrogens with zero attached hydrogens (tertiary/aromatic N) is 2. The summed E-state index contributed by atoms with van der Waals surface area (Å²) in [5.41, 5.74) is 1.10. The van der Waals surface area contributed by atoms with Gasteiger partial charge in [0.1, 0.15) is 11.6 Å². The summed E-state index contributed by atoms with van der Waals surface area (Å²) in [6, 6.07) is 17.4. The van der Waals surface area contributed by atoms with Crippen molar-refractivity contribution in [3.05, 3.63) is 72.0 Å². The molecule has 7 heteroatoms. The molecule has 0 saturated carbocycles. The molecule has 0 atom stereocenters. The van der Waals surface area contributed by atoms with Crippen LogP contribution in [0.1, 0.15) is 5.56 Å². The summed E-state index contributed by atoms with van der Waals surface area (Å²) in [6.45, 7) is 2.61. The fraction of sp³-hybridized carbons (Fsp3) is 0.273. The zero-order valence-corrected chi connectivity index (χ0v) is 17.0. The van der Waals surface area contributed by atoms with Gasteiger partial charge in [-0.25, -0.2) is 12.8 Å². The summed E-state index contributed by atoms with van der Waals surface area (Å²) in [5, 5.41) is 2.29. The van der Waals surface area contributed by atoms with E-state index in [0.717, 1.165) is 28.2 Å². The Bertz CT molecular complexity index is 1130. The first-order valence-corrected chi connectivity index (χ1v) is 11.0. The van der Waals surface area contributed by atoms with E-state index in [4.69, 9.17) is 4.74 Å². The van der Waals surface area contributed by atoms with E-state index < -0.39 is 15.8 Å². The van der Waals surface area contributed by atoms with Crippen LogP contribution in [0.2, 0.25) is 0 Å². The molecule has 1 heterocycles. The van der Waals surface area contributed by atoms with Crippen LogP contribution in [-0.2, 0) is 16.6 Å². The Labute approximate surface area is 170 Å². The highest BCUT2D eigenvalue weighted by molar-refractivity contribution is 7.89. The summed E-state index contributed by atoms with van der Waals surface area (Å²) in [4.78, 5) is 2.23. The molecule has 5 nitrogen and oxygen atoms in total. The summed E-state index contributed by atoms with van der Waals surface area (Å²) in [7, 11) is -2.02. The third-order valence-electron chi connectivity index (χ3n) is 5.36. The lowest BCUT2D eigenvalue weighted by Gasteiger charge is -2.34. The van der Waals surface area contributed by atoms with Crippen molar-refractivity contribution in [1.82, 2.24) is 9.21 Å². The molecule has 1 saturated heterocycles. The number of benzene rings is 3. The van der Waals surface area contributed by atoms with Gasteiger partial charge in [0.05, 0.1) is 12.0 Å². The van der Waals surface area contributed by atoms with Crippen LogP contribution in [-0.4, -0.2) is 50.9 Å². The van der Waals surface area contributed by atoms with Crippen LogP contribution in [0.4, 0.5) is 4.39 Å². The number of ether oxygens (including phenoxy) is 1. The molecule has 0 radical (unpaired) electrons. The zero-order valence-electron chi connectivity index (χ0n) is 16.2. The van der Waals surface area contributed by atoms with Crippen molar-refractivity contribution in [2.75, 3.05) is 33.3 Å². The second-order valence-corrected chi connectivity index (χ2v) is 9.04. The van der Waals surface area contributed by atoms with Gasteiger partial charge in [0.2, 0.25) is 10.0 Å². The fourth-order valence-electron chi connectivity index (χ4n) is 3.80. The first-order valence-electron chi connectivity index (χ1n) is 9.52. The van der Waals surface area contributed by atoms with Crippen molar-refractivity contribution in [2.24, 2.45) is 0 Å². The number of methoxy groups -OCH3 is 1. The molecule has 0 unspecified atom stereocenters. The van der Waals surface area contributed by atoms with Crippen LogP contribution >= 0.6 is 0 Å². The highest BCUT2D eigenvalue weighted by Gasteiger charge is 2.29. The second-order valence-electron chi connectivity index (χ2n) is 7.11. The first kappa shape index (κ1) is 19.8. The van der Waals surface area contributed by atoms with Gasteiger partial charge in [-0.15, -0.1) is 0 Å². The van der Waals surface area contributed by atoms with Crippen molar-refractivity contribution in [1.29, 1.82) is 0 Å². The zero-order chi connectivity index (χ0) is 20.4. The highest BCUT2D eigenvalue weighted by atomic mass is 32.2. The molecular formula is C22H23FN2O3S. The largest absolute Gasteiger partial charge is 0.496 e.